The van der Waals surface area contributed by atoms with E-state index in [1.807, 2.05) is 0 Å². The molecule has 1 N–H and O–H groups in total. The lowest BCUT2D eigenvalue weighted by atomic mass is 10.1. The number of hydrogen-bond donors (Lipinski definition) is 2. The summed E-state index contributed by atoms with van der Waals surface area (Å²) in [6, 6.07) is -0.247. The minimum absolute atomic E-state index is 0.105. The Kier molecular flexibility index (Phi) is 6.69. The van der Waals surface area contributed by atoms with E-state index in [1.54, 1.807) is 13.8 Å². The Balaban J connectivity index is 2.10. The summed E-state index contributed by atoms with van der Waals surface area (Å²) in [5.74, 6) is 0.869. The van der Waals surface area contributed by atoms with Gasteiger partial charge in [-0.15, -0.1) is 0 Å². The molecule has 1 saturated heterocycles. The van der Waals surface area contributed by atoms with Gasteiger partial charge in [0.15, 0.2) is 0 Å². The van der Waals surface area contributed by atoms with Gasteiger partial charge in [-0.2, -0.15) is 12.6 Å². The summed E-state index contributed by atoms with van der Waals surface area (Å²) in [4.78, 5) is 24.9. The summed E-state index contributed by atoms with van der Waals surface area (Å²) in [5, 5.41) is 2.70. The minimum atomic E-state index is -0.732. The highest BCUT2D eigenvalue weighted by atomic mass is 32.1. The van der Waals surface area contributed by atoms with Crippen LogP contribution < -0.4 is 5.32 Å². The third-order valence-electron chi connectivity index (χ3n) is 3.48. The van der Waals surface area contributed by atoms with Crippen molar-refractivity contribution >= 4 is 24.6 Å². The summed E-state index contributed by atoms with van der Waals surface area (Å²) in [6.07, 6.45) is 8.11. The van der Waals surface area contributed by atoms with Crippen molar-refractivity contribution in [2.75, 3.05) is 12.3 Å². The summed E-state index contributed by atoms with van der Waals surface area (Å²) < 4.78 is 0. The summed E-state index contributed by atoms with van der Waals surface area (Å²) >= 11 is 4.18. The molecule has 5 heteroatoms. The first-order valence-corrected chi connectivity index (χ1v) is 7.87. The van der Waals surface area contributed by atoms with Crippen molar-refractivity contribution < 1.29 is 9.59 Å². The highest BCUT2D eigenvalue weighted by molar-refractivity contribution is 7.80. The molecular weight excluding hydrogens is 260 g/mol. The summed E-state index contributed by atoms with van der Waals surface area (Å²) in [5.41, 5.74) is -0.732. The zero-order chi connectivity index (χ0) is 14.3. The SMILES string of the molecule is CC1(C)NC(=O)N(CCCCCCCCCS)C1=O. The fourth-order valence-corrected chi connectivity index (χ4v) is 2.51. The van der Waals surface area contributed by atoms with Crippen LogP contribution in [0, 0.1) is 0 Å². The molecule has 0 atom stereocenters. The molecule has 0 aromatic heterocycles. The van der Waals surface area contributed by atoms with E-state index in [9.17, 15) is 9.59 Å². The van der Waals surface area contributed by atoms with Gasteiger partial charge in [0.2, 0.25) is 0 Å². The molecule has 1 aliphatic rings. The largest absolute Gasteiger partial charge is 0.325 e. The van der Waals surface area contributed by atoms with Crippen LogP contribution in [0.2, 0.25) is 0 Å². The minimum Gasteiger partial charge on any atom is -0.324 e. The van der Waals surface area contributed by atoms with Gasteiger partial charge in [-0.1, -0.05) is 32.1 Å². The lowest BCUT2D eigenvalue weighted by Gasteiger charge is -2.15. The summed E-state index contributed by atoms with van der Waals surface area (Å²) in [7, 11) is 0. The Morgan fingerprint density at radius 2 is 1.53 bits per heavy atom. The zero-order valence-corrected chi connectivity index (χ0v) is 13.0. The second-order valence-electron chi connectivity index (χ2n) is 5.71. The first kappa shape index (κ1) is 16.3. The van der Waals surface area contributed by atoms with E-state index < -0.39 is 5.54 Å². The molecule has 3 amide bonds. The third kappa shape index (κ3) is 5.05. The van der Waals surface area contributed by atoms with Crippen LogP contribution in [0.15, 0.2) is 0 Å². The van der Waals surface area contributed by atoms with E-state index in [4.69, 9.17) is 0 Å². The van der Waals surface area contributed by atoms with Gasteiger partial charge in [-0.25, -0.2) is 4.79 Å². The van der Waals surface area contributed by atoms with Crippen LogP contribution >= 0.6 is 12.6 Å². The first-order chi connectivity index (χ1) is 8.99. The number of nitrogens with one attached hydrogen (secondary N) is 1. The van der Waals surface area contributed by atoms with Crippen LogP contribution in [0.4, 0.5) is 4.79 Å². The fourth-order valence-electron chi connectivity index (χ4n) is 2.29. The molecule has 0 aromatic carbocycles. The lowest BCUT2D eigenvalue weighted by Crippen LogP contribution is -2.40. The van der Waals surface area contributed by atoms with E-state index in [-0.39, 0.29) is 11.9 Å². The average molecular weight is 286 g/mol. The molecule has 110 valence electrons. The second-order valence-corrected chi connectivity index (χ2v) is 6.16. The van der Waals surface area contributed by atoms with Gasteiger partial charge >= 0.3 is 6.03 Å². The van der Waals surface area contributed by atoms with E-state index in [2.05, 4.69) is 17.9 Å². The van der Waals surface area contributed by atoms with Gasteiger partial charge in [0.25, 0.3) is 5.91 Å². The maximum Gasteiger partial charge on any atom is 0.325 e. The molecule has 1 rings (SSSR count). The molecule has 1 fully saturated rings. The molecule has 1 heterocycles. The van der Waals surface area contributed by atoms with Crippen LogP contribution in [0.3, 0.4) is 0 Å². The van der Waals surface area contributed by atoms with E-state index in [0.717, 1.165) is 18.6 Å². The Labute approximate surface area is 121 Å². The van der Waals surface area contributed by atoms with Gasteiger partial charge in [-0.3, -0.25) is 9.69 Å². The van der Waals surface area contributed by atoms with Gasteiger partial charge in [0, 0.05) is 6.54 Å². The maximum absolute atomic E-state index is 11.9. The lowest BCUT2D eigenvalue weighted by molar-refractivity contribution is -0.130. The maximum atomic E-state index is 11.9. The molecule has 0 radical (unpaired) electrons. The van der Waals surface area contributed by atoms with Gasteiger partial charge in [0.1, 0.15) is 5.54 Å². The number of nitrogens with zero attached hydrogens (tertiary/aromatic N) is 1. The number of amides is 3. The second kappa shape index (κ2) is 7.78. The number of rotatable bonds is 9. The monoisotopic (exact) mass is 286 g/mol. The van der Waals surface area contributed by atoms with Crippen LogP contribution in [-0.2, 0) is 4.79 Å². The van der Waals surface area contributed by atoms with Crippen LogP contribution in [-0.4, -0.2) is 34.7 Å². The predicted octanol–water partition coefficient (Wildman–Crippen LogP) is 2.98. The smallest absolute Gasteiger partial charge is 0.324 e. The van der Waals surface area contributed by atoms with E-state index in [1.165, 1.54) is 37.0 Å². The molecule has 4 nitrogen and oxygen atoms in total. The number of carbonyl (C=O) groups excluding carboxylic acids is 2. The molecule has 0 bridgehead atoms. The molecule has 19 heavy (non-hydrogen) atoms. The molecule has 0 saturated carbocycles. The van der Waals surface area contributed by atoms with Crippen LogP contribution in [0.5, 0.6) is 0 Å². The Bertz CT molecular complexity index is 319. The van der Waals surface area contributed by atoms with Gasteiger partial charge in [0.05, 0.1) is 0 Å². The first-order valence-electron chi connectivity index (χ1n) is 7.24. The topological polar surface area (TPSA) is 49.4 Å². The predicted molar refractivity (Wildman–Crippen MR) is 80.5 cm³/mol. The average Bonchev–Trinajstić information content (AvgIpc) is 2.54. The van der Waals surface area contributed by atoms with Crippen molar-refractivity contribution in [3.63, 3.8) is 0 Å². The van der Waals surface area contributed by atoms with Crippen LogP contribution in [0.1, 0.15) is 58.8 Å². The normalized spacial score (nSPS) is 17.9. The fraction of sp³-hybridized carbons (Fsp3) is 0.857. The standard InChI is InChI=1S/C14H26N2O2S/c1-14(2)12(17)16(13(18)15-14)10-8-6-4-3-5-7-9-11-19/h19H,3-11H2,1-2H3,(H,15,18). The molecule has 0 aromatic rings. The quantitative estimate of drug-likeness (QED) is 0.389. The van der Waals surface area contributed by atoms with E-state index in [0.29, 0.717) is 6.54 Å². The zero-order valence-electron chi connectivity index (χ0n) is 12.1. The van der Waals surface area contributed by atoms with Crippen molar-refractivity contribution in [1.29, 1.82) is 0 Å². The molecule has 0 spiro atoms. The number of urea groups is 1. The van der Waals surface area contributed by atoms with Crippen molar-refractivity contribution in [2.24, 2.45) is 0 Å². The van der Waals surface area contributed by atoms with Crippen molar-refractivity contribution in [1.82, 2.24) is 10.2 Å². The molecule has 0 aliphatic carbocycles. The van der Waals surface area contributed by atoms with Gasteiger partial charge < -0.3 is 5.32 Å². The Morgan fingerprint density at radius 1 is 1.00 bits per heavy atom. The van der Waals surface area contributed by atoms with E-state index >= 15 is 0 Å². The third-order valence-corrected chi connectivity index (χ3v) is 3.80. The van der Waals surface area contributed by atoms with Crippen LogP contribution in [0.25, 0.3) is 0 Å². The van der Waals surface area contributed by atoms with Gasteiger partial charge in [-0.05, 0) is 32.4 Å². The molecule has 1 aliphatic heterocycles. The van der Waals surface area contributed by atoms with Crippen molar-refractivity contribution in [3.8, 4) is 0 Å². The molecular formula is C14H26N2O2S. The number of unbranched alkanes of at least 4 members (excludes halogenated alkanes) is 6. The summed E-state index contributed by atoms with van der Waals surface area (Å²) in [6.45, 7) is 4.04. The highest BCUT2D eigenvalue weighted by Crippen LogP contribution is 2.17. The molecule has 0 unspecified atom stereocenters. The highest BCUT2D eigenvalue weighted by Gasteiger charge is 2.43. The Morgan fingerprint density at radius 3 is 2.00 bits per heavy atom. The number of thiol groups is 1. The number of imide groups is 1. The van der Waals surface area contributed by atoms with Crippen molar-refractivity contribution in [3.05, 3.63) is 0 Å². The Hall–Kier alpha value is -0.710. The number of carbonyl (C=O) groups is 2. The number of hydrogen-bond acceptors (Lipinski definition) is 3. The van der Waals surface area contributed by atoms with Crippen molar-refractivity contribution in [2.45, 2.75) is 64.3 Å².